The summed E-state index contributed by atoms with van der Waals surface area (Å²) < 4.78 is 59.1. The second kappa shape index (κ2) is 36.3. The maximum absolute atomic E-state index is 13.4. The van der Waals surface area contributed by atoms with Crippen LogP contribution in [0.4, 0.5) is 5.82 Å². The lowest BCUT2D eigenvalue weighted by atomic mass is 9.82. The van der Waals surface area contributed by atoms with Gasteiger partial charge in [0.15, 0.2) is 6.10 Å². The number of aliphatic hydroxyl groups excluding tert-OH is 5. The molecule has 2 unspecified atom stereocenters. The Bertz CT molecular complexity index is 1990. The first-order valence-electron chi connectivity index (χ1n) is 27.5. The average Bonchev–Trinajstić information content (AvgIpc) is 3.33. The van der Waals surface area contributed by atoms with Crippen LogP contribution in [0.5, 0.6) is 0 Å². The van der Waals surface area contributed by atoms with Gasteiger partial charge in [-0.05, 0) is 44.1 Å². The van der Waals surface area contributed by atoms with E-state index >= 15 is 0 Å². The molecule has 12 atom stereocenters. The van der Waals surface area contributed by atoms with Gasteiger partial charge < -0.3 is 55.3 Å². The Morgan fingerprint density at radius 2 is 1.44 bits per heavy atom. The smallest absolute Gasteiger partial charge is 0.462 e. The maximum atomic E-state index is 13.4. The van der Waals surface area contributed by atoms with Crippen molar-refractivity contribution in [2.24, 2.45) is 17.8 Å². The summed E-state index contributed by atoms with van der Waals surface area (Å²) in [5.41, 5.74) is 4.78. The van der Waals surface area contributed by atoms with Crippen LogP contribution in [0.1, 0.15) is 188 Å². The molecule has 0 amide bonds. The van der Waals surface area contributed by atoms with E-state index in [4.69, 9.17) is 29.0 Å². The number of ether oxygens (including phenoxy) is 3. The molecule has 0 aliphatic carbocycles. The van der Waals surface area contributed by atoms with Gasteiger partial charge in [-0.15, -0.1) is 0 Å². The number of cyclic esters (lactones) is 1. The molecule has 1 aromatic heterocycles. The Morgan fingerprint density at radius 1 is 0.840 bits per heavy atom. The van der Waals surface area contributed by atoms with Crippen LogP contribution in [-0.2, 0) is 46.3 Å². The van der Waals surface area contributed by atoms with E-state index in [9.17, 15) is 58.8 Å². The van der Waals surface area contributed by atoms with Crippen LogP contribution >= 0.6 is 15.6 Å². The van der Waals surface area contributed by atoms with Gasteiger partial charge in [0.05, 0.1) is 37.6 Å². The number of phosphoric acid groups is 2. The Balaban J connectivity index is 1.72. The predicted octanol–water partition coefficient (Wildman–Crippen LogP) is 8.02. The SMILES string of the molecule is CCCCC[C@H](O)/C=C\[C@@H]1[C@H](O)[C@H](O)[C@H]2COP(=O)(O)OP(=O)(O)OC[C@@H](COC(=O)CCCCCCCCCCCCCCCCC(C)C)OC(=O)CCCC=CC[C@H]([C@H](n3ccc(N)nc3=O)O2)[C@@H](O)C[C@H]1O. The Kier molecular flexibility index (Phi) is 32.2. The van der Waals surface area contributed by atoms with Crippen LogP contribution in [-0.4, -0.2) is 119 Å². The van der Waals surface area contributed by atoms with Gasteiger partial charge in [-0.1, -0.05) is 154 Å². The zero-order chi connectivity index (χ0) is 55.2. The number of esters is 2. The molecule has 75 heavy (non-hydrogen) atoms. The second-order valence-corrected chi connectivity index (χ2v) is 23.6. The number of nitrogens with zero attached hydrogens (tertiary/aromatic N) is 2. The molecule has 1 saturated heterocycles. The van der Waals surface area contributed by atoms with Crippen molar-refractivity contribution in [2.75, 3.05) is 25.6 Å². The fourth-order valence-corrected chi connectivity index (χ4v) is 11.2. The summed E-state index contributed by atoms with van der Waals surface area (Å²) in [5.74, 6) is -3.34. The normalized spacial score (nSPS) is 29.5. The van der Waals surface area contributed by atoms with E-state index in [-0.39, 0.29) is 37.9 Å². The zero-order valence-corrected chi connectivity index (χ0v) is 46.4. The number of phosphoric ester groups is 2. The molecule has 3 rings (SSSR count). The van der Waals surface area contributed by atoms with Crippen molar-refractivity contribution in [1.29, 1.82) is 0 Å². The first-order chi connectivity index (χ1) is 35.7. The van der Waals surface area contributed by atoms with Crippen LogP contribution in [0, 0.1) is 17.8 Å². The monoisotopic (exact) mass is 1110 g/mol. The van der Waals surface area contributed by atoms with Crippen LogP contribution in [0.25, 0.3) is 0 Å². The lowest BCUT2D eigenvalue weighted by molar-refractivity contribution is -0.194. The van der Waals surface area contributed by atoms with E-state index in [0.717, 1.165) is 49.0 Å². The van der Waals surface area contributed by atoms with Crippen LogP contribution in [0.2, 0.25) is 0 Å². The molecule has 3 heterocycles. The predicted molar refractivity (Wildman–Crippen MR) is 282 cm³/mol. The molecule has 0 radical (unpaired) electrons. The molecular formula is C52H91N3O18P2. The molecular weight excluding hydrogens is 1020 g/mol. The molecule has 0 spiro atoms. The van der Waals surface area contributed by atoms with E-state index in [1.165, 1.54) is 88.6 Å². The summed E-state index contributed by atoms with van der Waals surface area (Å²) in [7, 11) is -11.3. The standard InChI is InChI=1S/C52H91N3O18P2/c1-4-5-20-26-39(56)30-31-41-43(57)34-44(58)42-27-22-18-19-24-29-48(60)71-40(35-68-47(59)28-23-17-15-13-11-9-7-6-8-10-12-14-16-21-25-38(2)3)36-69-74(64,65)73-75(66,67)70-37-45(50(62)49(41)61)72-51(42)55-33-32-46(53)54-52(55)63/h18,22,30-33,38-45,49-51,56-58,61-62H,4-17,19-21,23-29,34-37H2,1-3H3,(H,64,65)(H,66,67)(H2,53,54,63)/b22-18?,31-30-/t39-,40+,41-,42-,43+,44-,45+,49-,50+,51+/m0/s1. The van der Waals surface area contributed by atoms with Crippen LogP contribution in [0.3, 0.4) is 0 Å². The number of carbonyl (C=O) groups is 2. The average molecular weight is 1110 g/mol. The molecule has 21 nitrogen and oxygen atoms in total. The molecule has 1 aromatic rings. The van der Waals surface area contributed by atoms with Crippen molar-refractivity contribution in [3.8, 4) is 0 Å². The topological polar surface area (TPSA) is 326 Å². The number of carbonyl (C=O) groups excluding carboxylic acids is 2. The second-order valence-electron chi connectivity index (χ2n) is 20.5. The van der Waals surface area contributed by atoms with Crippen molar-refractivity contribution in [3.05, 3.63) is 47.1 Å². The molecule has 0 saturated carbocycles. The fraction of sp³-hybridized carbons (Fsp3) is 0.808. The number of unbranched alkanes of at least 4 members (excludes halogenated alkanes) is 15. The van der Waals surface area contributed by atoms with E-state index in [1.54, 1.807) is 12.2 Å². The van der Waals surface area contributed by atoms with E-state index < -0.39 is 120 Å². The highest BCUT2D eigenvalue weighted by Crippen LogP contribution is 2.60. The van der Waals surface area contributed by atoms with Crippen molar-refractivity contribution in [3.63, 3.8) is 0 Å². The lowest BCUT2D eigenvalue weighted by Crippen LogP contribution is -2.52. The van der Waals surface area contributed by atoms with Gasteiger partial charge >= 0.3 is 33.3 Å². The number of nitrogens with two attached hydrogens (primary N) is 1. The summed E-state index contributed by atoms with van der Waals surface area (Å²) in [6, 6.07) is 1.25. The number of aliphatic hydroxyl groups is 5. The van der Waals surface area contributed by atoms with Crippen LogP contribution < -0.4 is 11.4 Å². The van der Waals surface area contributed by atoms with Crippen molar-refractivity contribution >= 4 is 33.4 Å². The van der Waals surface area contributed by atoms with Gasteiger partial charge in [0.25, 0.3) is 0 Å². The number of hydrogen-bond donors (Lipinski definition) is 8. The van der Waals surface area contributed by atoms with Crippen molar-refractivity contribution in [2.45, 2.75) is 230 Å². The number of allylic oxidation sites excluding steroid dienone is 2. The van der Waals surface area contributed by atoms with Crippen LogP contribution in [0.15, 0.2) is 41.4 Å². The first-order valence-corrected chi connectivity index (χ1v) is 30.5. The maximum Gasteiger partial charge on any atom is 0.481 e. The number of anilines is 1. The summed E-state index contributed by atoms with van der Waals surface area (Å²) in [6.45, 7) is 3.84. The van der Waals surface area contributed by atoms with Gasteiger partial charge in [-0.2, -0.15) is 9.29 Å². The number of fused-ring (bicyclic) bond motifs is 3. The third kappa shape index (κ3) is 27.5. The lowest BCUT2D eigenvalue weighted by Gasteiger charge is -2.40. The number of nitrogen functional groups attached to an aromatic ring is 1. The largest absolute Gasteiger partial charge is 0.481 e. The number of rotatable bonds is 26. The van der Waals surface area contributed by atoms with Gasteiger partial charge in [0.2, 0.25) is 0 Å². The third-order valence-corrected chi connectivity index (χ3v) is 16.1. The Hall–Kier alpha value is -2.88. The summed E-state index contributed by atoms with van der Waals surface area (Å²) >= 11 is 0. The molecule has 432 valence electrons. The molecule has 0 aromatic carbocycles. The number of hydrogen-bond acceptors (Lipinski definition) is 18. The molecule has 9 N–H and O–H groups in total. The van der Waals surface area contributed by atoms with E-state index in [2.05, 4.69) is 23.1 Å². The fourth-order valence-electron chi connectivity index (χ4n) is 9.13. The van der Waals surface area contributed by atoms with Gasteiger partial charge in [-0.25, -0.2) is 13.9 Å². The van der Waals surface area contributed by atoms with Gasteiger partial charge in [-0.3, -0.25) is 23.2 Å². The molecule has 2 bridgehead atoms. The quantitative estimate of drug-likeness (QED) is 0.0188. The first kappa shape index (κ1) is 66.4. The van der Waals surface area contributed by atoms with E-state index in [1.807, 2.05) is 6.92 Å². The zero-order valence-electron chi connectivity index (χ0n) is 44.6. The van der Waals surface area contributed by atoms with E-state index in [0.29, 0.717) is 19.3 Å². The minimum absolute atomic E-state index is 0.0815. The summed E-state index contributed by atoms with van der Waals surface area (Å²) in [4.78, 5) is 64.2. The minimum atomic E-state index is -5.70. The van der Waals surface area contributed by atoms with Gasteiger partial charge in [0.1, 0.15) is 30.9 Å². The van der Waals surface area contributed by atoms with Crippen molar-refractivity contribution < 1.29 is 81.6 Å². The molecule has 2 aliphatic rings. The highest BCUT2D eigenvalue weighted by atomic mass is 31.3. The summed E-state index contributed by atoms with van der Waals surface area (Å²) in [5, 5.41) is 57.4. The highest BCUT2D eigenvalue weighted by Gasteiger charge is 2.45. The van der Waals surface area contributed by atoms with Crippen molar-refractivity contribution in [1.82, 2.24) is 9.55 Å². The molecule has 23 heteroatoms. The Labute approximate surface area is 443 Å². The number of aromatic nitrogens is 2. The third-order valence-electron chi connectivity index (χ3n) is 13.5. The Morgan fingerprint density at radius 3 is 2.05 bits per heavy atom. The highest BCUT2D eigenvalue weighted by molar-refractivity contribution is 7.61. The molecule has 2 aliphatic heterocycles. The molecule has 1 fully saturated rings. The van der Waals surface area contributed by atoms with Gasteiger partial charge in [0, 0.05) is 37.3 Å². The minimum Gasteiger partial charge on any atom is -0.462 e. The summed E-state index contributed by atoms with van der Waals surface area (Å²) in [6.07, 6.45) is 14.0.